The molecule has 4 N–H and O–H groups in total. The molecule has 1 aliphatic heterocycles. The van der Waals surface area contributed by atoms with Crippen LogP contribution in [-0.4, -0.2) is 111 Å². The van der Waals surface area contributed by atoms with E-state index in [4.69, 9.17) is 59.9 Å². The molecule has 79 heavy (non-hydrogen) atoms. The minimum atomic E-state index is -0.712. The predicted octanol–water partition coefficient (Wildman–Crippen LogP) is 0.452. The Hall–Kier alpha value is -2.28. The minimum absolute atomic E-state index is 0. The van der Waals surface area contributed by atoms with E-state index in [2.05, 4.69) is 61.9 Å². The Bertz CT molecular complexity index is 2120. The molecule has 0 aromatic heterocycles. The summed E-state index contributed by atoms with van der Waals surface area (Å²) in [7, 11) is 0. The van der Waals surface area contributed by atoms with Crippen LogP contribution >= 0.6 is 11.6 Å². The molecule has 1 aliphatic rings. The molecule has 0 aliphatic carbocycles. The van der Waals surface area contributed by atoms with Crippen LogP contribution in [0.1, 0.15) is 87.0 Å². The van der Waals surface area contributed by atoms with Crippen LogP contribution in [0.25, 0.3) is 0 Å². The number of alkyl halides is 1. The number of benzene rings is 4. The van der Waals surface area contributed by atoms with Gasteiger partial charge in [0.2, 0.25) is 0 Å². The van der Waals surface area contributed by atoms with Crippen molar-refractivity contribution >= 4 is 36.9 Å². The number of aliphatic hydroxyl groups excluding tert-OH is 2. The van der Waals surface area contributed by atoms with Gasteiger partial charge in [-0.2, -0.15) is 0 Å². The van der Waals surface area contributed by atoms with Gasteiger partial charge in [-0.05, 0) is 83.9 Å². The molecule has 22 heteroatoms. The van der Waals surface area contributed by atoms with Gasteiger partial charge in [0.25, 0.3) is 6.47 Å². The molecule has 1 heterocycles. The number of hydrogen-bond acceptors (Lipinski definition) is 18. The molecule has 4 aromatic carbocycles. The molecule has 18 nitrogen and oxygen atoms in total. The number of aromatic hydroxyl groups is 1. The van der Waals surface area contributed by atoms with Crippen LogP contribution in [0.5, 0.6) is 23.0 Å². The maximum Gasteiger partial charge on any atom is 1.00 e. The normalized spacial score (nSPS) is 11.9. The summed E-state index contributed by atoms with van der Waals surface area (Å²) >= 11 is 5.21. The molecule has 2 unspecified atom stereocenters. The summed E-state index contributed by atoms with van der Waals surface area (Å²) in [6, 6.07) is 28.2. The van der Waals surface area contributed by atoms with Crippen molar-refractivity contribution in [2.75, 3.05) is 65.3 Å². The average Bonchev–Trinajstić information content (AvgIpc) is 3.43. The van der Waals surface area contributed by atoms with E-state index in [0.717, 1.165) is 42.5 Å². The van der Waals surface area contributed by atoms with Gasteiger partial charge < -0.3 is 75.1 Å². The molecule has 0 amide bonds. The van der Waals surface area contributed by atoms with Gasteiger partial charge in [-0.3, -0.25) is 14.4 Å². The summed E-state index contributed by atoms with van der Waals surface area (Å²) in [6.07, 6.45) is 7.49. The molecule has 1 fully saturated rings. The fraction of sp³-hybridized carbons (Fsp3) is 0.368. The number of ether oxygens (including phenoxy) is 8. The molecule has 0 saturated carbocycles. The number of halogens is 1. The predicted molar refractivity (Wildman–Crippen MR) is 289 cm³/mol. The van der Waals surface area contributed by atoms with Gasteiger partial charge in [-0.1, -0.05) is 92.1 Å². The molecular weight excluding hydrogens is 1130 g/mol. The van der Waals surface area contributed by atoms with Crippen LogP contribution in [0.4, 0.5) is 0 Å². The molecule has 0 bridgehead atoms. The van der Waals surface area contributed by atoms with Gasteiger partial charge >= 0.3 is 154 Å². The Kier molecular flexibility index (Phi) is 64.1. The molecule has 4 aromatic rings. The summed E-state index contributed by atoms with van der Waals surface area (Å²) in [5.41, 5.74) is 2.85. The number of carbonyl (C=O) groups is 4. The third kappa shape index (κ3) is 45.9. The minimum Gasteiger partial charge on any atom is -1.00 e. The largest absolute Gasteiger partial charge is 1.00 e. The van der Waals surface area contributed by atoms with Crippen molar-refractivity contribution in [2.45, 2.75) is 53.8 Å². The van der Waals surface area contributed by atoms with Crippen LogP contribution in [0.2, 0.25) is 0 Å². The number of phenolic OH excluding ortho intramolecular Hbond substituents is 1. The topological polar surface area (TPSA) is 265 Å². The Labute approximate surface area is 601 Å². The van der Waals surface area contributed by atoms with Crippen molar-refractivity contribution in [3.8, 4) is 23.0 Å². The number of aldehydes is 3. The maximum atomic E-state index is 10.3. The average molecular weight is 1200 g/mol. The molecular formula is C57H78ClK3O18. The van der Waals surface area contributed by atoms with Gasteiger partial charge in [-0.25, -0.2) is 0 Å². The number of carbonyl (C=O) groups excluding carboxylic acids is 4. The molecule has 0 radical (unpaired) electrons. The zero-order valence-electron chi connectivity index (χ0n) is 48.4. The van der Waals surface area contributed by atoms with Crippen molar-refractivity contribution in [1.82, 2.24) is 0 Å². The molecule has 2 atom stereocenters. The van der Waals surface area contributed by atoms with Crippen molar-refractivity contribution in [1.29, 1.82) is 0 Å². The zero-order chi connectivity index (χ0) is 56.8. The Morgan fingerprint density at radius 3 is 1.28 bits per heavy atom. The first-order valence-corrected chi connectivity index (χ1v) is 23.9. The van der Waals surface area contributed by atoms with Crippen molar-refractivity contribution in [3.63, 3.8) is 0 Å². The van der Waals surface area contributed by atoms with Crippen LogP contribution in [0.3, 0.4) is 0 Å². The molecule has 5 rings (SSSR count). The first kappa shape index (κ1) is 88.0. The fourth-order valence-corrected chi connectivity index (χ4v) is 5.36. The third-order valence-electron chi connectivity index (χ3n) is 9.29. The van der Waals surface area contributed by atoms with Crippen LogP contribution < -0.4 is 174 Å². The monoisotopic (exact) mass is 1200 g/mol. The van der Waals surface area contributed by atoms with Gasteiger partial charge in [0.1, 0.15) is 88.1 Å². The Morgan fingerprint density at radius 1 is 0.671 bits per heavy atom. The SMILES string of the molecule is C=COCCCl.C=COCCOc1ccc(C(O)C(C)(C)CO)cc1.C=COCCOc1ccc(C2OCC2(C)C)cc1.C=COCCOc1ccc(C=O)cc1.CC(C)C=O.O=CO[O-].O=Cc1ccc(O)cc1.[H-].[K+].[K+].[K+].[OH-]. The Balaban J connectivity index is -0.000000163. The number of hydrogen-bond donors (Lipinski definition) is 3. The fourth-order valence-electron chi connectivity index (χ4n) is 5.27. The van der Waals surface area contributed by atoms with E-state index < -0.39 is 11.5 Å². The summed E-state index contributed by atoms with van der Waals surface area (Å²) in [5.74, 6) is 3.21. The Morgan fingerprint density at radius 2 is 1.01 bits per heavy atom. The van der Waals surface area contributed by atoms with E-state index in [1.54, 1.807) is 60.7 Å². The van der Waals surface area contributed by atoms with E-state index in [1.165, 1.54) is 42.7 Å². The van der Waals surface area contributed by atoms with Crippen LogP contribution in [-0.2, 0) is 38.2 Å². The summed E-state index contributed by atoms with van der Waals surface area (Å²) in [4.78, 5) is 41.1. The number of rotatable bonds is 26. The van der Waals surface area contributed by atoms with Crippen LogP contribution in [0, 0.1) is 16.7 Å². The first-order valence-electron chi connectivity index (χ1n) is 23.4. The molecule has 1 saturated heterocycles. The van der Waals surface area contributed by atoms with E-state index in [9.17, 15) is 24.6 Å². The zero-order valence-corrected chi connectivity index (χ0v) is 57.5. The molecule has 0 spiro atoms. The van der Waals surface area contributed by atoms with Crippen molar-refractivity contribution in [3.05, 3.63) is 171 Å². The maximum absolute atomic E-state index is 10.3. The summed E-state index contributed by atoms with van der Waals surface area (Å²) in [5, 5.41) is 36.6. The third-order valence-corrected chi connectivity index (χ3v) is 9.45. The number of aliphatic hydroxyl groups is 2. The summed E-state index contributed by atoms with van der Waals surface area (Å²) in [6.45, 7) is 29.4. The van der Waals surface area contributed by atoms with Gasteiger partial charge in [-0.15, -0.1) is 11.6 Å². The molecule has 424 valence electrons. The quantitative estimate of drug-likeness (QED) is 0.0147. The van der Waals surface area contributed by atoms with E-state index in [1.807, 2.05) is 39.8 Å². The van der Waals surface area contributed by atoms with Crippen molar-refractivity contribution < 1.29 is 244 Å². The summed E-state index contributed by atoms with van der Waals surface area (Å²) < 4.78 is 41.4. The van der Waals surface area contributed by atoms with E-state index in [-0.39, 0.29) is 197 Å². The van der Waals surface area contributed by atoms with Gasteiger partial charge in [0, 0.05) is 27.9 Å². The van der Waals surface area contributed by atoms with Crippen LogP contribution in [0.15, 0.2) is 148 Å². The van der Waals surface area contributed by atoms with Crippen molar-refractivity contribution in [2.24, 2.45) is 16.7 Å². The van der Waals surface area contributed by atoms with E-state index in [0.29, 0.717) is 69.0 Å². The number of phenols is 1. The van der Waals surface area contributed by atoms with Gasteiger partial charge in [0.15, 0.2) is 0 Å². The second kappa shape index (κ2) is 57.5. The second-order valence-corrected chi connectivity index (χ2v) is 17.1. The smallest absolute Gasteiger partial charge is 1.00 e. The standard InChI is InChI=1S/C15H22O4.C15H20O3.C11H12O3.C7H6O2.C4H7ClO.C4H8O.CH2O3.3K.H2O.H/c1-4-18-9-10-19-13-7-5-12(6-8-13)14(17)15(2,3)11-16;1-4-16-9-10-17-13-7-5-12(6-8-13)14-15(2,3)11-18-14;1-2-13-7-8-14-11-5-3-10(9-12)4-6-11;8-5-6-1-3-7(9)4-2-6;1-2-6-4-3-5;1-4(2)3-5;2-1-4-3;;;;;/h4-8,14,16-17H,1,9-11H2,2-3H3;4-8,14H,1,9-11H2,2-3H3;2-6,9H,1,7-8H2;1-5,9H;2H,1,3-4H2;3-4H,1-2H3;1,3H;;;;1H2;/q;;;;;;;3*+1;;-1/p-2. The first-order chi connectivity index (χ1) is 35.9. The van der Waals surface area contributed by atoms with E-state index >= 15 is 0 Å². The second-order valence-electron chi connectivity index (χ2n) is 16.7. The van der Waals surface area contributed by atoms with Gasteiger partial charge in [0.05, 0.1) is 56.4 Å².